The van der Waals surface area contributed by atoms with Crippen LogP contribution < -0.4 is 5.22 Å². The molecule has 0 atom stereocenters. The summed E-state index contributed by atoms with van der Waals surface area (Å²) in [5.41, 5.74) is 6.05. The highest BCUT2D eigenvalue weighted by molar-refractivity contribution is 4.01. The molecule has 57 valence electrons. The maximum atomic E-state index is 9.43. The number of rotatable bonds is 4. The standard InChI is InChI=1S/HN9O2/c1-2-3-4-5-6-7-8-9(10)11/h1H/q+1. The van der Waals surface area contributed by atoms with Gasteiger partial charge in [0.15, 0.2) is 15.7 Å². The molecule has 1 radical (unpaired) electrons. The van der Waals surface area contributed by atoms with Crippen LogP contribution in [0.3, 0.4) is 0 Å². The summed E-state index contributed by atoms with van der Waals surface area (Å²) < 4.78 is 0. The third kappa shape index (κ3) is 7.80. The van der Waals surface area contributed by atoms with Crippen molar-refractivity contribution in [2.45, 2.75) is 0 Å². The largest absolute Gasteiger partial charge is 0.337 e. The fourth-order valence-corrected chi connectivity index (χ4v) is 0.124. The van der Waals surface area contributed by atoms with E-state index in [1.807, 2.05) is 0 Å². The molecule has 11 nitrogen and oxygen atoms in total. The third-order valence-corrected chi connectivity index (χ3v) is 0.318. The van der Waals surface area contributed by atoms with Crippen molar-refractivity contribution in [3.8, 4) is 0 Å². The van der Waals surface area contributed by atoms with Gasteiger partial charge in [0.25, 0.3) is 0 Å². The molecule has 0 aromatic heterocycles. The van der Waals surface area contributed by atoms with Crippen LogP contribution in [-0.4, -0.2) is 5.03 Å². The zero-order chi connectivity index (χ0) is 8.53. The van der Waals surface area contributed by atoms with Crippen LogP contribution in [0.15, 0.2) is 31.3 Å². The van der Waals surface area contributed by atoms with Crippen molar-refractivity contribution in [2.75, 3.05) is 0 Å². The van der Waals surface area contributed by atoms with Crippen LogP contribution in [0.5, 0.6) is 0 Å². The van der Waals surface area contributed by atoms with E-state index in [2.05, 4.69) is 36.6 Å². The van der Waals surface area contributed by atoms with Crippen LogP contribution in [0.1, 0.15) is 0 Å². The lowest BCUT2D eigenvalue weighted by Crippen LogP contribution is -1.80. The van der Waals surface area contributed by atoms with E-state index in [9.17, 15) is 10.1 Å². The zero-order valence-corrected chi connectivity index (χ0v) is 4.89. The van der Waals surface area contributed by atoms with Crippen LogP contribution in [0.25, 0.3) is 0 Å². The van der Waals surface area contributed by atoms with Crippen molar-refractivity contribution < 1.29 is 5.03 Å². The Hall–Kier alpha value is -2.20. The van der Waals surface area contributed by atoms with E-state index in [-0.39, 0.29) is 0 Å². The van der Waals surface area contributed by atoms with Crippen molar-refractivity contribution in [1.82, 2.24) is 5.22 Å². The minimum atomic E-state index is -1.06. The first-order chi connectivity index (χ1) is 5.27. The van der Waals surface area contributed by atoms with Gasteiger partial charge < -0.3 is 10.1 Å². The molecule has 0 saturated heterocycles. The van der Waals surface area contributed by atoms with Gasteiger partial charge in [-0.3, -0.25) is 0 Å². The molecule has 0 aliphatic rings. The molecular weight excluding hydrogens is 158 g/mol. The Balaban J connectivity index is 3.68. The molecule has 0 spiro atoms. The molecule has 0 heterocycles. The highest BCUT2D eigenvalue weighted by atomic mass is 16.7. The fourth-order valence-electron chi connectivity index (χ4n) is 0.124. The van der Waals surface area contributed by atoms with Gasteiger partial charge in [0.2, 0.25) is 15.7 Å². The molecule has 11 heteroatoms. The van der Waals surface area contributed by atoms with Crippen LogP contribution in [0, 0.1) is 15.6 Å². The highest BCUT2D eigenvalue weighted by Gasteiger charge is 1.86. The van der Waals surface area contributed by atoms with E-state index in [1.54, 1.807) is 0 Å². The number of nitro groups is 1. The lowest BCUT2D eigenvalue weighted by atomic mass is 12.4. The quantitative estimate of drug-likeness (QED) is 0.363. The van der Waals surface area contributed by atoms with Crippen molar-refractivity contribution >= 4 is 0 Å². The first-order valence-electron chi connectivity index (χ1n) is 1.99. The van der Waals surface area contributed by atoms with Gasteiger partial charge in [-0.25, -0.2) is 0 Å². The van der Waals surface area contributed by atoms with Gasteiger partial charge in [0, 0.05) is 0 Å². The molecule has 0 aliphatic carbocycles. The van der Waals surface area contributed by atoms with E-state index >= 15 is 0 Å². The molecule has 0 unspecified atom stereocenters. The second-order valence-corrected chi connectivity index (χ2v) is 0.874. The topological polar surface area (TPSA) is 155 Å². The number of nitrogens with zero attached hydrogens (tertiary/aromatic N) is 8. The lowest BCUT2D eigenvalue weighted by Gasteiger charge is -1.69. The Morgan fingerprint density at radius 3 is 2.73 bits per heavy atom. The molecule has 0 bridgehead atoms. The number of hydrogen-bond donors (Lipinski definition) is 1. The zero-order valence-electron chi connectivity index (χ0n) is 4.89. The molecular formula is HN9O2+. The minimum Gasteiger partial charge on any atom is -0.337 e. The van der Waals surface area contributed by atoms with Crippen LogP contribution in [-0.2, 0) is 0 Å². The average molecular weight is 159 g/mol. The SMILES string of the molecule is N=NN=N[N+]=NN=N[N+](=O)[O-]. The predicted molar refractivity (Wildman–Crippen MR) is 26.4 cm³/mol. The Labute approximate surface area is 58.5 Å². The summed E-state index contributed by atoms with van der Waals surface area (Å²) in [6, 6.07) is 0. The van der Waals surface area contributed by atoms with E-state index in [0.717, 1.165) is 0 Å². The van der Waals surface area contributed by atoms with E-state index in [1.165, 1.54) is 0 Å². The van der Waals surface area contributed by atoms with Gasteiger partial charge in [-0.2, -0.15) is 5.53 Å². The molecule has 1 N–H and O–H groups in total. The summed E-state index contributed by atoms with van der Waals surface area (Å²) in [7, 11) is 0. The average Bonchev–Trinajstić information content (AvgIpc) is 1.96. The van der Waals surface area contributed by atoms with Crippen LogP contribution >= 0.6 is 0 Å². The normalized spacial score (nSPS) is 11.6. The summed E-state index contributed by atoms with van der Waals surface area (Å²) in [5.74, 6) is 0. The first kappa shape index (κ1) is 8.80. The smallest absolute Gasteiger partial charge is 0.245 e. The maximum absolute atomic E-state index is 9.43. The molecule has 0 saturated carbocycles. The van der Waals surface area contributed by atoms with Gasteiger partial charge in [-0.05, 0) is 0 Å². The third-order valence-electron chi connectivity index (χ3n) is 0.318. The van der Waals surface area contributed by atoms with Crippen molar-refractivity contribution in [3.63, 3.8) is 0 Å². The van der Waals surface area contributed by atoms with Crippen molar-refractivity contribution in [2.24, 2.45) is 31.3 Å². The fraction of sp³-hybridized carbons (Fsp3) is 0. The summed E-state index contributed by atoms with van der Waals surface area (Å²) in [4.78, 5) is 9.43. The van der Waals surface area contributed by atoms with E-state index in [4.69, 9.17) is 5.53 Å². The lowest BCUT2D eigenvalue weighted by molar-refractivity contribution is -0.494. The number of hydrogen-bond acceptors (Lipinski definition) is 3. The Morgan fingerprint density at radius 2 is 2.18 bits per heavy atom. The van der Waals surface area contributed by atoms with Gasteiger partial charge in [-0.15, -0.1) is 0 Å². The monoisotopic (exact) mass is 159 g/mol. The van der Waals surface area contributed by atoms with Crippen molar-refractivity contribution in [3.05, 3.63) is 10.1 Å². The first-order valence-corrected chi connectivity index (χ1v) is 1.99. The Kier molecular flexibility index (Phi) is 4.74. The summed E-state index contributed by atoms with van der Waals surface area (Å²) >= 11 is 0. The van der Waals surface area contributed by atoms with Crippen LogP contribution in [0.4, 0.5) is 0 Å². The van der Waals surface area contributed by atoms with Gasteiger partial charge in [-0.1, -0.05) is 0 Å². The van der Waals surface area contributed by atoms with Gasteiger partial charge >= 0.3 is 0 Å². The molecule has 0 rings (SSSR count). The predicted octanol–water partition coefficient (Wildman–Crippen LogP) is 0.646. The van der Waals surface area contributed by atoms with Crippen LogP contribution in [0.2, 0.25) is 0 Å². The maximum Gasteiger partial charge on any atom is 0.245 e. The van der Waals surface area contributed by atoms with E-state index in [0.29, 0.717) is 0 Å². The number of nitrogens with one attached hydrogen (secondary N) is 1. The molecule has 0 amide bonds. The molecule has 11 heavy (non-hydrogen) atoms. The van der Waals surface area contributed by atoms with Crippen molar-refractivity contribution in [1.29, 1.82) is 5.53 Å². The minimum absolute atomic E-state index is 1.06. The summed E-state index contributed by atoms with van der Waals surface area (Å²) in [6.07, 6.45) is 0. The Bertz CT molecular complexity index is 210. The Morgan fingerprint density at radius 1 is 1.45 bits per heavy atom. The molecule has 0 fully saturated rings. The van der Waals surface area contributed by atoms with E-state index < -0.39 is 5.03 Å². The molecule has 0 aliphatic heterocycles. The van der Waals surface area contributed by atoms with Gasteiger partial charge in [0.05, 0.1) is 10.3 Å². The molecule has 0 aromatic carbocycles. The summed E-state index contributed by atoms with van der Waals surface area (Å²) in [6.45, 7) is 0. The highest BCUT2D eigenvalue weighted by Crippen LogP contribution is 1.75. The molecule has 0 aromatic rings. The van der Waals surface area contributed by atoms with Gasteiger partial charge in [0.1, 0.15) is 0 Å². The summed E-state index contributed by atoms with van der Waals surface area (Å²) in [5, 5.41) is 26.5. The second kappa shape index (κ2) is 5.93. The second-order valence-electron chi connectivity index (χ2n) is 0.874.